The number of hydrogen-bond donors (Lipinski definition) is 3. The summed E-state index contributed by atoms with van der Waals surface area (Å²) in [6.07, 6.45) is 16.6. The first kappa shape index (κ1) is 62.1. The number of nitrogens with two attached hydrogens (primary N) is 1. The second-order valence-electron chi connectivity index (χ2n) is 26.2. The first-order valence-electron chi connectivity index (χ1n) is 31.3. The highest BCUT2D eigenvalue weighted by Gasteiger charge is 2.36. The lowest BCUT2D eigenvalue weighted by Gasteiger charge is -2.39. The van der Waals surface area contributed by atoms with Crippen LogP contribution in [0.1, 0.15) is 86.4 Å². The Kier molecular flexibility index (Phi) is 18.3. The number of piperidine rings is 2. The molecule has 468 valence electrons. The third-order valence-corrected chi connectivity index (χ3v) is 17.3. The van der Waals surface area contributed by atoms with Crippen molar-refractivity contribution >= 4 is 73.7 Å². The summed E-state index contributed by atoms with van der Waals surface area (Å²) in [4.78, 5) is 92.3. The zero-order chi connectivity index (χ0) is 62.8. The van der Waals surface area contributed by atoms with Crippen LogP contribution in [0.15, 0.2) is 109 Å². The molecule has 89 heavy (non-hydrogen) atoms. The number of aryl methyl sites for hydroxylation is 2. The molecule has 4 amide bonds. The van der Waals surface area contributed by atoms with E-state index in [1.807, 2.05) is 140 Å². The standard InChI is InChI=1S/C37H47N7O4.C31H38N8O2/c1-37(2,3)48-33(46)21-27-23-43(18-15-28(27)39-32(45)10-8-17-41(4)5)36(47)26-13-14-30-29(19-26)40-35(42(30)6)31-20-25-9-7-16-38-34(25)44(31)22-24-11-12-24;1-36(2)14-5-7-28(40)34-24-12-15-38(19-23(24)32)31(41)22-10-11-26-25(16-22)35-30(37(26)3)27-17-21-6-4-13-33-29(21)39(27)18-20-8-9-20/h7-10,13-14,16,19-20,24,27-28H,11-12,15,17-18,21-23H2,1-6H3,(H,39,45);4-7,10-11,13,16-17,20,23-24H,8-9,12,14-15,18-19,32H2,1-3H3,(H,34,40)/b10-8+;7-5+/t27-,28+;23-,24+/m00/s1. The normalized spacial score (nSPS) is 19.1. The minimum Gasteiger partial charge on any atom is -0.460 e. The van der Waals surface area contributed by atoms with Gasteiger partial charge in [-0.2, -0.15) is 0 Å². The molecule has 8 heterocycles. The molecule has 4 fully saturated rings. The van der Waals surface area contributed by atoms with Crippen LogP contribution in [0.5, 0.6) is 0 Å². The van der Waals surface area contributed by atoms with Gasteiger partial charge >= 0.3 is 5.97 Å². The molecule has 4 N–H and O–H groups in total. The van der Waals surface area contributed by atoms with E-state index in [1.165, 1.54) is 31.8 Å². The van der Waals surface area contributed by atoms with Crippen LogP contribution >= 0.6 is 0 Å². The minimum atomic E-state index is -0.630. The molecule has 21 heteroatoms. The molecule has 6 aromatic heterocycles. The van der Waals surface area contributed by atoms with Crippen LogP contribution in [-0.2, 0) is 46.3 Å². The fourth-order valence-electron chi connectivity index (χ4n) is 12.3. The number of imidazole rings is 2. The van der Waals surface area contributed by atoms with Crippen LogP contribution < -0.4 is 16.4 Å². The number of ether oxygens (including phenoxy) is 1. The number of carbonyl (C=O) groups excluding carboxylic acids is 5. The van der Waals surface area contributed by atoms with Gasteiger partial charge < -0.3 is 59.0 Å². The Hall–Kier alpha value is -8.53. The van der Waals surface area contributed by atoms with E-state index in [0.29, 0.717) is 75.1 Å². The van der Waals surface area contributed by atoms with Gasteiger partial charge in [0, 0.05) is 137 Å². The number of rotatable bonds is 18. The van der Waals surface area contributed by atoms with Gasteiger partial charge in [-0.1, -0.05) is 12.2 Å². The lowest BCUT2D eigenvalue weighted by Crippen LogP contribution is -2.58. The van der Waals surface area contributed by atoms with Crippen molar-refractivity contribution in [2.45, 2.75) is 103 Å². The van der Waals surface area contributed by atoms with Crippen molar-refractivity contribution in [3.8, 4) is 23.0 Å². The second kappa shape index (κ2) is 26.3. The number of likely N-dealkylation sites (N-methyl/N-ethyl adjacent to an activating group) is 2. The summed E-state index contributed by atoms with van der Waals surface area (Å²) < 4.78 is 14.4. The molecule has 2 saturated carbocycles. The highest BCUT2D eigenvalue weighted by Crippen LogP contribution is 2.38. The van der Waals surface area contributed by atoms with Gasteiger partial charge in [0.2, 0.25) is 11.8 Å². The Bertz CT molecular complexity index is 4000. The van der Waals surface area contributed by atoms with E-state index in [9.17, 15) is 24.0 Å². The summed E-state index contributed by atoms with van der Waals surface area (Å²) in [6.45, 7) is 10.4. The first-order chi connectivity index (χ1) is 42.6. The van der Waals surface area contributed by atoms with Crippen molar-refractivity contribution in [1.82, 2.24) is 68.4 Å². The number of esters is 1. The van der Waals surface area contributed by atoms with Crippen molar-refractivity contribution in [3.63, 3.8) is 0 Å². The fourth-order valence-corrected chi connectivity index (χ4v) is 12.3. The van der Waals surface area contributed by atoms with E-state index in [0.717, 1.165) is 80.3 Å². The number of amides is 4. The topological polar surface area (TPSA) is 229 Å². The summed E-state index contributed by atoms with van der Waals surface area (Å²) >= 11 is 0. The van der Waals surface area contributed by atoms with Gasteiger partial charge in [-0.15, -0.1) is 0 Å². The summed E-state index contributed by atoms with van der Waals surface area (Å²) in [5.41, 5.74) is 14.3. The molecule has 12 rings (SSSR count). The van der Waals surface area contributed by atoms with Crippen molar-refractivity contribution in [2.75, 3.05) is 67.5 Å². The van der Waals surface area contributed by atoms with Gasteiger partial charge in [0.25, 0.3) is 11.8 Å². The number of pyridine rings is 2. The highest BCUT2D eigenvalue weighted by atomic mass is 16.6. The second-order valence-corrected chi connectivity index (χ2v) is 26.2. The predicted octanol–water partition coefficient (Wildman–Crippen LogP) is 7.57. The fraction of sp³-hybridized carbons (Fsp3) is 0.456. The quantitative estimate of drug-likeness (QED) is 0.0557. The zero-order valence-corrected chi connectivity index (χ0v) is 52.9. The van der Waals surface area contributed by atoms with Gasteiger partial charge in [0.05, 0.1) is 39.9 Å². The predicted molar refractivity (Wildman–Crippen MR) is 347 cm³/mol. The van der Waals surface area contributed by atoms with Crippen LogP contribution in [-0.4, -0.2) is 179 Å². The molecule has 8 aromatic rings. The molecule has 4 aliphatic rings. The number of fused-ring (bicyclic) bond motifs is 4. The third kappa shape index (κ3) is 14.6. The van der Waals surface area contributed by atoms with E-state index in [-0.39, 0.29) is 60.1 Å². The Morgan fingerprint density at radius 1 is 0.629 bits per heavy atom. The molecule has 0 bridgehead atoms. The maximum Gasteiger partial charge on any atom is 0.306 e. The van der Waals surface area contributed by atoms with E-state index in [1.54, 1.807) is 22.0 Å². The van der Waals surface area contributed by atoms with E-state index in [2.05, 4.69) is 63.1 Å². The summed E-state index contributed by atoms with van der Waals surface area (Å²) in [7, 11) is 11.8. The van der Waals surface area contributed by atoms with Crippen LogP contribution in [0.4, 0.5) is 0 Å². The monoisotopic (exact) mass is 1210 g/mol. The average molecular weight is 1210 g/mol. The lowest BCUT2D eigenvalue weighted by atomic mass is 9.88. The Balaban J connectivity index is 0.000000186. The zero-order valence-electron chi connectivity index (χ0n) is 52.9. The van der Waals surface area contributed by atoms with Crippen LogP contribution in [0.25, 0.3) is 67.2 Å². The van der Waals surface area contributed by atoms with E-state index >= 15 is 0 Å². The number of likely N-dealkylation sites (tertiary alicyclic amines) is 2. The number of hydrogen-bond acceptors (Lipinski definition) is 13. The average Bonchev–Trinajstić information content (AvgIpc) is 1.63. The number of nitrogens with zero attached hydrogens (tertiary/aromatic N) is 12. The molecule has 21 nitrogen and oxygen atoms in total. The van der Waals surface area contributed by atoms with Crippen molar-refractivity contribution in [3.05, 3.63) is 121 Å². The third-order valence-electron chi connectivity index (χ3n) is 17.3. The largest absolute Gasteiger partial charge is 0.460 e. The maximum absolute atomic E-state index is 14.0. The van der Waals surface area contributed by atoms with Gasteiger partial charge in [-0.25, -0.2) is 19.9 Å². The van der Waals surface area contributed by atoms with Crippen molar-refractivity contribution < 1.29 is 28.7 Å². The Morgan fingerprint density at radius 2 is 1.09 bits per heavy atom. The van der Waals surface area contributed by atoms with Crippen molar-refractivity contribution in [2.24, 2.45) is 37.6 Å². The summed E-state index contributed by atoms with van der Waals surface area (Å²) in [6, 6.07) is 23.0. The number of benzene rings is 2. The van der Waals surface area contributed by atoms with Crippen molar-refractivity contribution in [1.29, 1.82) is 0 Å². The number of nitrogens with one attached hydrogen (secondary N) is 2. The first-order valence-corrected chi connectivity index (χ1v) is 31.3. The number of carbonyl (C=O) groups is 5. The van der Waals surface area contributed by atoms with Gasteiger partial charge in [0.1, 0.15) is 16.9 Å². The molecular formula is C68H85N15O6. The van der Waals surface area contributed by atoms with Crippen LogP contribution in [0.3, 0.4) is 0 Å². The molecule has 2 saturated heterocycles. The number of aromatic nitrogens is 8. The van der Waals surface area contributed by atoms with Crippen LogP contribution in [0.2, 0.25) is 0 Å². The van der Waals surface area contributed by atoms with E-state index < -0.39 is 5.60 Å². The Morgan fingerprint density at radius 3 is 1.54 bits per heavy atom. The van der Waals surface area contributed by atoms with Crippen LogP contribution in [0, 0.1) is 17.8 Å². The maximum atomic E-state index is 14.0. The SMILES string of the molecule is CN(C)C/C=C/C(=O)N[C@@H]1CCN(C(=O)c2ccc3c(c2)nc(-c2cc4cccnc4n2CC2CC2)n3C)C[C@@H]1CC(=O)OC(C)(C)C.CN(C)C/C=C/C(=O)N[C@@H]1CCN(C(=O)c2ccc3c(c2)nc(-c2cc4cccnc4n2CC2CC2)n3C)C[C@@H]1N. The molecule has 2 aliphatic heterocycles. The molecule has 0 unspecified atom stereocenters. The molecule has 0 radical (unpaired) electrons. The lowest BCUT2D eigenvalue weighted by molar-refractivity contribution is -0.156. The highest BCUT2D eigenvalue weighted by molar-refractivity contribution is 5.99. The van der Waals surface area contributed by atoms with Gasteiger partial charge in [-0.3, -0.25) is 24.0 Å². The minimum absolute atomic E-state index is 0.0720. The smallest absolute Gasteiger partial charge is 0.306 e. The molecule has 2 aromatic carbocycles. The van der Waals surface area contributed by atoms with Gasteiger partial charge in [-0.05, 0) is 172 Å². The summed E-state index contributed by atoms with van der Waals surface area (Å²) in [5.74, 6) is 1.85. The molecule has 0 spiro atoms. The Labute approximate surface area is 519 Å². The van der Waals surface area contributed by atoms with Gasteiger partial charge in [0.15, 0.2) is 11.6 Å². The molecule has 2 aliphatic carbocycles. The van der Waals surface area contributed by atoms with E-state index in [4.69, 9.17) is 20.4 Å². The molecular weight excluding hydrogens is 1120 g/mol. The molecule has 4 atom stereocenters. The summed E-state index contributed by atoms with van der Waals surface area (Å²) in [5, 5.41) is 8.26.